The molecule has 1 atom stereocenters. The van der Waals surface area contributed by atoms with Crippen molar-refractivity contribution in [3.63, 3.8) is 0 Å². The predicted molar refractivity (Wildman–Crippen MR) is 123 cm³/mol. The average molecular weight is 438 g/mol. The van der Waals surface area contributed by atoms with E-state index < -0.39 is 10.0 Å². The molecule has 0 N–H and O–H groups in total. The van der Waals surface area contributed by atoms with Gasteiger partial charge in [0.2, 0.25) is 10.0 Å². The van der Waals surface area contributed by atoms with Crippen LogP contribution in [-0.4, -0.2) is 27.7 Å². The van der Waals surface area contributed by atoms with Gasteiger partial charge in [-0.1, -0.05) is 61.9 Å². The normalized spacial score (nSPS) is 15.5. The topological polar surface area (TPSA) is 59.1 Å². The summed E-state index contributed by atoms with van der Waals surface area (Å²) in [7, 11) is -3.67. The van der Waals surface area contributed by atoms with E-state index in [-0.39, 0.29) is 11.9 Å². The van der Waals surface area contributed by atoms with Crippen LogP contribution in [0.25, 0.3) is 0 Å². The van der Waals surface area contributed by atoms with E-state index in [4.69, 9.17) is 9.47 Å². The van der Waals surface area contributed by atoms with Crippen molar-refractivity contribution in [3.05, 3.63) is 90.0 Å². The minimum atomic E-state index is -3.67. The summed E-state index contributed by atoms with van der Waals surface area (Å²) >= 11 is 0. The molecule has 6 heteroatoms. The molecule has 0 spiro atoms. The summed E-state index contributed by atoms with van der Waals surface area (Å²) in [6.07, 6.45) is 1.96. The van der Waals surface area contributed by atoms with E-state index in [2.05, 4.69) is 6.92 Å². The van der Waals surface area contributed by atoms with Crippen LogP contribution in [0.5, 0.6) is 5.75 Å². The molecule has 5 nitrogen and oxygen atoms in total. The maximum atomic E-state index is 13.6. The van der Waals surface area contributed by atoms with Crippen LogP contribution in [0.3, 0.4) is 0 Å². The van der Waals surface area contributed by atoms with Gasteiger partial charge in [0.25, 0.3) is 0 Å². The fourth-order valence-corrected chi connectivity index (χ4v) is 5.16. The van der Waals surface area contributed by atoms with Crippen molar-refractivity contribution >= 4 is 21.4 Å². The van der Waals surface area contributed by atoms with Crippen LogP contribution in [0.4, 0.5) is 11.4 Å². The Balaban J connectivity index is 1.63. The number of ether oxygens (including phenoxy) is 2. The molecule has 0 aromatic heterocycles. The van der Waals surface area contributed by atoms with Crippen molar-refractivity contribution in [2.75, 3.05) is 17.5 Å². The number of benzene rings is 3. The number of aryl methyl sites for hydroxylation is 1. The lowest BCUT2D eigenvalue weighted by Gasteiger charge is -2.25. The van der Waals surface area contributed by atoms with Gasteiger partial charge in [0.1, 0.15) is 18.5 Å². The number of sulfonamides is 1. The Hall–Kier alpha value is -2.83. The summed E-state index contributed by atoms with van der Waals surface area (Å²) < 4.78 is 39.7. The Bertz CT molecular complexity index is 1060. The summed E-state index contributed by atoms with van der Waals surface area (Å²) in [5.41, 5.74) is 3.01. The van der Waals surface area contributed by atoms with Gasteiger partial charge >= 0.3 is 0 Å². The van der Waals surface area contributed by atoms with E-state index >= 15 is 0 Å². The summed E-state index contributed by atoms with van der Waals surface area (Å²) in [6.45, 7) is 3.38. The number of hydrogen-bond donors (Lipinski definition) is 0. The first kappa shape index (κ1) is 21.4. The molecule has 1 aliphatic heterocycles. The fourth-order valence-electron chi connectivity index (χ4n) is 3.55. The molecule has 162 valence electrons. The molecule has 0 amide bonds. The number of para-hydroxylation sites is 2. The summed E-state index contributed by atoms with van der Waals surface area (Å²) in [6, 6.07) is 24.0. The summed E-state index contributed by atoms with van der Waals surface area (Å²) in [4.78, 5) is 0. The second kappa shape index (κ2) is 9.54. The first-order valence-corrected chi connectivity index (χ1v) is 12.2. The highest BCUT2D eigenvalue weighted by Gasteiger charge is 2.26. The van der Waals surface area contributed by atoms with Crippen LogP contribution < -0.4 is 9.04 Å². The molecule has 4 rings (SSSR count). The molecule has 1 fully saturated rings. The van der Waals surface area contributed by atoms with Gasteiger partial charge in [0, 0.05) is 0 Å². The van der Waals surface area contributed by atoms with Gasteiger partial charge in [-0.15, -0.1) is 0 Å². The zero-order chi connectivity index (χ0) is 21.7. The van der Waals surface area contributed by atoms with Gasteiger partial charge < -0.3 is 9.47 Å². The van der Waals surface area contributed by atoms with Gasteiger partial charge in [-0.25, -0.2) is 12.7 Å². The fraction of sp³-hybridized carbons (Fsp3) is 0.280. The van der Waals surface area contributed by atoms with E-state index in [0.717, 1.165) is 36.3 Å². The molecule has 0 bridgehead atoms. The Morgan fingerprint density at radius 2 is 1.58 bits per heavy atom. The number of epoxide rings is 1. The molecule has 31 heavy (non-hydrogen) atoms. The summed E-state index contributed by atoms with van der Waals surface area (Å²) in [5.74, 6) is 0.709. The zero-order valence-corrected chi connectivity index (χ0v) is 18.4. The second-order valence-corrected chi connectivity index (χ2v) is 9.47. The third kappa shape index (κ3) is 5.46. The molecule has 1 heterocycles. The Morgan fingerprint density at radius 1 is 0.968 bits per heavy atom. The Kier molecular flexibility index (Phi) is 6.59. The number of rotatable bonds is 10. The molecule has 1 saturated heterocycles. The molecular weight excluding hydrogens is 410 g/mol. The molecule has 0 saturated carbocycles. The van der Waals surface area contributed by atoms with Crippen LogP contribution >= 0.6 is 0 Å². The zero-order valence-electron chi connectivity index (χ0n) is 17.6. The summed E-state index contributed by atoms with van der Waals surface area (Å²) in [5, 5.41) is 0. The first-order chi connectivity index (χ1) is 15.1. The molecule has 3 aromatic rings. The lowest BCUT2D eigenvalue weighted by Crippen LogP contribution is -2.27. The van der Waals surface area contributed by atoms with Crippen LogP contribution in [0.15, 0.2) is 78.9 Å². The van der Waals surface area contributed by atoms with Crippen LogP contribution in [0, 0.1) is 0 Å². The third-order valence-electron chi connectivity index (χ3n) is 5.08. The highest BCUT2D eigenvalue weighted by molar-refractivity contribution is 7.92. The van der Waals surface area contributed by atoms with E-state index in [1.165, 1.54) is 4.31 Å². The van der Waals surface area contributed by atoms with Gasteiger partial charge in [-0.2, -0.15) is 0 Å². The van der Waals surface area contributed by atoms with E-state index in [1.807, 2.05) is 78.9 Å². The molecule has 0 aliphatic carbocycles. The van der Waals surface area contributed by atoms with Gasteiger partial charge in [0.15, 0.2) is 0 Å². The molecule has 3 aromatic carbocycles. The van der Waals surface area contributed by atoms with E-state index in [1.54, 1.807) is 0 Å². The van der Waals surface area contributed by atoms with Crippen molar-refractivity contribution < 1.29 is 17.9 Å². The molecule has 0 radical (unpaired) electrons. The third-order valence-corrected chi connectivity index (χ3v) is 6.76. The van der Waals surface area contributed by atoms with Crippen molar-refractivity contribution in [2.24, 2.45) is 0 Å². The van der Waals surface area contributed by atoms with Crippen LogP contribution in [-0.2, 0) is 26.9 Å². The van der Waals surface area contributed by atoms with Crippen LogP contribution in [0.2, 0.25) is 0 Å². The molecule has 1 aliphatic rings. The number of hydrogen-bond acceptors (Lipinski definition) is 4. The minimum absolute atomic E-state index is 0.0977. The van der Waals surface area contributed by atoms with E-state index in [0.29, 0.717) is 18.0 Å². The van der Waals surface area contributed by atoms with Crippen molar-refractivity contribution in [1.82, 2.24) is 0 Å². The average Bonchev–Trinajstić information content (AvgIpc) is 3.59. The van der Waals surface area contributed by atoms with Crippen molar-refractivity contribution in [2.45, 2.75) is 31.6 Å². The van der Waals surface area contributed by atoms with E-state index in [9.17, 15) is 8.42 Å². The predicted octanol–water partition coefficient (Wildman–Crippen LogP) is 5.08. The van der Waals surface area contributed by atoms with Crippen molar-refractivity contribution in [3.8, 4) is 5.75 Å². The smallest absolute Gasteiger partial charge is 0.243 e. The molecular formula is C25H27NO4S. The van der Waals surface area contributed by atoms with Gasteiger partial charge in [-0.3, -0.25) is 0 Å². The van der Waals surface area contributed by atoms with Crippen LogP contribution in [0.1, 0.15) is 24.5 Å². The second-order valence-electron chi connectivity index (χ2n) is 7.65. The monoisotopic (exact) mass is 437 g/mol. The first-order valence-electron chi connectivity index (χ1n) is 10.6. The largest absolute Gasteiger partial charge is 0.491 e. The highest BCUT2D eigenvalue weighted by atomic mass is 32.2. The number of anilines is 2. The Labute approximate surface area is 184 Å². The minimum Gasteiger partial charge on any atom is -0.491 e. The number of nitrogens with zero attached hydrogens (tertiary/aromatic N) is 1. The van der Waals surface area contributed by atoms with Gasteiger partial charge in [-0.05, 0) is 47.9 Å². The van der Waals surface area contributed by atoms with Crippen molar-refractivity contribution in [1.29, 1.82) is 0 Å². The highest BCUT2D eigenvalue weighted by Crippen LogP contribution is 2.31. The maximum Gasteiger partial charge on any atom is 0.243 e. The maximum absolute atomic E-state index is 13.6. The molecule has 1 unspecified atom stereocenters. The lowest BCUT2D eigenvalue weighted by atomic mass is 10.1. The lowest BCUT2D eigenvalue weighted by molar-refractivity contribution is 0.261. The standard InChI is InChI=1S/C25H27NO4S/c1-2-9-21-16-20(14-15-25(21)30-18-24-17-29-24)19-31(27,28)26(22-10-5-3-6-11-22)23-12-7-4-8-13-23/h3-8,10-16,24H,2,9,17-19H2,1H3. The Morgan fingerprint density at radius 3 is 2.13 bits per heavy atom. The quantitative estimate of drug-likeness (QED) is 0.415. The SMILES string of the molecule is CCCc1cc(CS(=O)(=O)N(c2ccccc2)c2ccccc2)ccc1OCC1CO1. The van der Waals surface area contributed by atoms with Gasteiger partial charge in [0.05, 0.1) is 23.7 Å².